The van der Waals surface area contributed by atoms with Crippen molar-refractivity contribution >= 4 is 78.3 Å². The first-order valence-electron chi connectivity index (χ1n) is 8.31. The summed E-state index contributed by atoms with van der Waals surface area (Å²) >= 11 is 25.4. The van der Waals surface area contributed by atoms with E-state index in [1.807, 2.05) is 36.4 Å². The molecule has 2 nitrogen and oxygen atoms in total. The van der Waals surface area contributed by atoms with E-state index in [9.17, 15) is 5.26 Å². The molecule has 0 heterocycles. The molecule has 0 amide bonds. The maximum Gasteiger partial charge on any atom is 0.148 e. The van der Waals surface area contributed by atoms with Gasteiger partial charge in [0.25, 0.3) is 0 Å². The summed E-state index contributed by atoms with van der Waals surface area (Å²) in [7, 11) is 0. The minimum atomic E-state index is 0.283. The van der Waals surface area contributed by atoms with Gasteiger partial charge in [0.2, 0.25) is 0 Å². The zero-order valence-corrected chi connectivity index (χ0v) is 20.2. The number of allylic oxidation sites excluding steroid dienone is 1. The number of rotatable bonds is 5. The van der Waals surface area contributed by atoms with Crippen LogP contribution in [0.2, 0.25) is 15.1 Å². The fourth-order valence-corrected chi connectivity index (χ4v) is 4.76. The molecule has 0 saturated heterocycles. The highest BCUT2D eigenvalue weighted by Crippen LogP contribution is 2.37. The van der Waals surface area contributed by atoms with Crippen LogP contribution >= 0.6 is 66.7 Å². The van der Waals surface area contributed by atoms with Crippen LogP contribution in [0.5, 0.6) is 5.75 Å². The number of nitrogens with zero attached hydrogens (tertiary/aromatic N) is 1. The minimum Gasteiger partial charge on any atom is -0.486 e. The molecule has 0 aromatic heterocycles. The zero-order valence-electron chi connectivity index (χ0n) is 14.7. The van der Waals surface area contributed by atoms with Crippen molar-refractivity contribution in [2.75, 3.05) is 0 Å². The first-order valence-corrected chi connectivity index (χ1v) is 11.0. The lowest BCUT2D eigenvalue weighted by Gasteiger charge is -2.13. The molecule has 146 valence electrons. The van der Waals surface area contributed by atoms with Gasteiger partial charge in [0.1, 0.15) is 12.4 Å². The summed E-state index contributed by atoms with van der Waals surface area (Å²) in [6.07, 6.45) is 1.77. The summed E-state index contributed by atoms with van der Waals surface area (Å²) in [6.45, 7) is 0.283. The van der Waals surface area contributed by atoms with Crippen molar-refractivity contribution in [3.05, 3.63) is 95.3 Å². The summed E-state index contributed by atoms with van der Waals surface area (Å²) in [5.41, 5.74) is 2.79. The quantitative estimate of drug-likeness (QED) is 0.226. The molecule has 7 heteroatoms. The standard InChI is InChI=1S/C22H12Br2Cl3NO/c23-18-8-13(7-15(11-28)17-3-1-2-4-20(17)26)9-19(24)22(18)29-12-14-5-6-16(25)10-21(14)27/h1-10H,12H2. The van der Waals surface area contributed by atoms with Crippen molar-refractivity contribution in [1.82, 2.24) is 0 Å². The van der Waals surface area contributed by atoms with Gasteiger partial charge in [-0.1, -0.05) is 59.1 Å². The zero-order chi connectivity index (χ0) is 21.0. The number of halogens is 5. The van der Waals surface area contributed by atoms with Gasteiger partial charge in [-0.15, -0.1) is 0 Å². The average molecular weight is 573 g/mol. The smallest absolute Gasteiger partial charge is 0.148 e. The lowest BCUT2D eigenvalue weighted by Crippen LogP contribution is -1.98. The van der Waals surface area contributed by atoms with E-state index in [2.05, 4.69) is 37.9 Å². The molecule has 0 unspecified atom stereocenters. The first-order chi connectivity index (χ1) is 13.9. The molecule has 3 aromatic carbocycles. The van der Waals surface area contributed by atoms with E-state index in [4.69, 9.17) is 39.5 Å². The number of benzene rings is 3. The van der Waals surface area contributed by atoms with Crippen molar-refractivity contribution < 1.29 is 4.74 Å². The fourth-order valence-electron chi connectivity index (χ4n) is 2.61. The molecule has 0 bridgehead atoms. The van der Waals surface area contributed by atoms with Gasteiger partial charge in [0.05, 0.1) is 20.6 Å². The Balaban J connectivity index is 1.87. The molecule has 0 aliphatic carbocycles. The van der Waals surface area contributed by atoms with E-state index in [1.54, 1.807) is 24.3 Å². The normalized spacial score (nSPS) is 11.2. The Bertz CT molecular complexity index is 1120. The topological polar surface area (TPSA) is 33.0 Å². The Kier molecular flexibility index (Phi) is 7.67. The lowest BCUT2D eigenvalue weighted by molar-refractivity contribution is 0.302. The predicted octanol–water partition coefficient (Wildman–Crippen LogP) is 8.81. The van der Waals surface area contributed by atoms with E-state index < -0.39 is 0 Å². The fraction of sp³-hybridized carbons (Fsp3) is 0.0455. The molecule has 0 radical (unpaired) electrons. The van der Waals surface area contributed by atoms with E-state index in [0.29, 0.717) is 32.0 Å². The van der Waals surface area contributed by atoms with Gasteiger partial charge in [-0.05, 0) is 73.8 Å². The van der Waals surface area contributed by atoms with Crippen LogP contribution in [0.25, 0.3) is 11.6 Å². The molecule has 0 spiro atoms. The molecule has 0 atom stereocenters. The van der Waals surface area contributed by atoms with Gasteiger partial charge >= 0.3 is 0 Å². The number of hydrogen-bond donors (Lipinski definition) is 0. The molecule has 0 aliphatic heterocycles. The van der Waals surface area contributed by atoms with Crippen molar-refractivity contribution in [3.8, 4) is 11.8 Å². The minimum absolute atomic E-state index is 0.283. The number of hydrogen-bond acceptors (Lipinski definition) is 2. The molecule has 29 heavy (non-hydrogen) atoms. The van der Waals surface area contributed by atoms with Crippen LogP contribution in [-0.2, 0) is 6.61 Å². The predicted molar refractivity (Wildman–Crippen MR) is 128 cm³/mol. The van der Waals surface area contributed by atoms with Crippen LogP contribution in [0.15, 0.2) is 63.5 Å². The van der Waals surface area contributed by atoms with Gasteiger partial charge < -0.3 is 4.74 Å². The average Bonchev–Trinajstić information content (AvgIpc) is 2.67. The summed E-state index contributed by atoms with van der Waals surface area (Å²) in [5.74, 6) is 0.629. The van der Waals surface area contributed by atoms with Crippen LogP contribution in [0.3, 0.4) is 0 Å². The largest absolute Gasteiger partial charge is 0.486 e. The molecule has 3 rings (SSSR count). The second-order valence-corrected chi connectivity index (χ2v) is 8.95. The second kappa shape index (κ2) is 10.0. The molecule has 0 N–H and O–H groups in total. The number of nitriles is 1. The lowest BCUT2D eigenvalue weighted by atomic mass is 10.0. The Morgan fingerprint density at radius 1 is 0.966 bits per heavy atom. The highest BCUT2D eigenvalue weighted by Gasteiger charge is 2.12. The van der Waals surface area contributed by atoms with Crippen molar-refractivity contribution in [2.24, 2.45) is 0 Å². The Morgan fingerprint density at radius 3 is 2.28 bits per heavy atom. The van der Waals surface area contributed by atoms with Crippen molar-refractivity contribution in [2.45, 2.75) is 6.61 Å². The highest BCUT2D eigenvalue weighted by molar-refractivity contribution is 9.11. The van der Waals surface area contributed by atoms with Crippen molar-refractivity contribution in [3.63, 3.8) is 0 Å². The van der Waals surface area contributed by atoms with E-state index in [-0.39, 0.29) is 6.61 Å². The van der Waals surface area contributed by atoms with Crippen LogP contribution in [0.1, 0.15) is 16.7 Å². The number of ether oxygens (including phenoxy) is 1. The molecule has 3 aromatic rings. The van der Waals surface area contributed by atoms with Gasteiger partial charge in [0, 0.05) is 26.2 Å². The van der Waals surface area contributed by atoms with E-state index >= 15 is 0 Å². The maximum atomic E-state index is 9.57. The van der Waals surface area contributed by atoms with E-state index in [1.165, 1.54) is 0 Å². The van der Waals surface area contributed by atoms with Crippen LogP contribution < -0.4 is 4.74 Å². The SMILES string of the molecule is N#CC(=Cc1cc(Br)c(OCc2ccc(Cl)cc2Cl)c(Br)c1)c1ccccc1Cl. The molecule has 0 fully saturated rings. The Hall–Kier alpha value is -1.48. The van der Waals surface area contributed by atoms with Gasteiger partial charge in [-0.25, -0.2) is 0 Å². The highest BCUT2D eigenvalue weighted by atomic mass is 79.9. The third-order valence-corrected chi connectivity index (χ3v) is 6.10. The maximum absolute atomic E-state index is 9.57. The molecule has 0 saturated carbocycles. The van der Waals surface area contributed by atoms with Crippen LogP contribution in [0.4, 0.5) is 0 Å². The van der Waals surface area contributed by atoms with Gasteiger partial charge in [-0.3, -0.25) is 0 Å². The second-order valence-electron chi connectivity index (χ2n) is 5.99. The van der Waals surface area contributed by atoms with Gasteiger partial charge in [-0.2, -0.15) is 5.26 Å². The van der Waals surface area contributed by atoms with Crippen LogP contribution in [0, 0.1) is 11.3 Å². The molecular weight excluding hydrogens is 560 g/mol. The third kappa shape index (κ3) is 5.57. The summed E-state index contributed by atoms with van der Waals surface area (Å²) in [6, 6.07) is 18.5. The third-order valence-electron chi connectivity index (χ3n) is 4.00. The van der Waals surface area contributed by atoms with E-state index in [0.717, 1.165) is 20.1 Å². The first kappa shape index (κ1) is 22.2. The van der Waals surface area contributed by atoms with Crippen LogP contribution in [-0.4, -0.2) is 0 Å². The summed E-state index contributed by atoms with van der Waals surface area (Å²) in [5, 5.41) is 11.2. The van der Waals surface area contributed by atoms with Gasteiger partial charge in [0.15, 0.2) is 0 Å². The Labute approximate surface area is 200 Å². The monoisotopic (exact) mass is 569 g/mol. The Morgan fingerprint density at radius 2 is 1.66 bits per heavy atom. The molecular formula is C22H12Br2Cl3NO. The summed E-state index contributed by atoms with van der Waals surface area (Å²) < 4.78 is 7.41. The summed E-state index contributed by atoms with van der Waals surface area (Å²) in [4.78, 5) is 0. The van der Waals surface area contributed by atoms with Crippen molar-refractivity contribution in [1.29, 1.82) is 5.26 Å². The molecule has 0 aliphatic rings.